The molecule has 35 heavy (non-hydrogen) atoms. The van der Waals surface area contributed by atoms with Crippen molar-refractivity contribution in [3.8, 4) is 22.6 Å². The minimum absolute atomic E-state index is 0.0690. The minimum atomic E-state index is -3.65. The number of imidazole rings is 1. The molecule has 0 amide bonds. The second kappa shape index (κ2) is 8.06. The first kappa shape index (κ1) is 22.8. The number of carbonyl (C=O) groups is 1. The number of nitrogens with zero attached hydrogens (tertiary/aromatic N) is 6. The number of hydrogen-bond acceptors (Lipinski definition) is 7. The predicted molar refractivity (Wildman–Crippen MR) is 130 cm³/mol. The second-order valence-electron chi connectivity index (χ2n) is 8.68. The minimum Gasteiger partial charge on any atom is -0.309 e. The van der Waals surface area contributed by atoms with E-state index in [1.165, 1.54) is 13.0 Å². The molecule has 4 aromatic rings. The van der Waals surface area contributed by atoms with Crippen LogP contribution in [-0.2, 0) is 22.4 Å². The van der Waals surface area contributed by atoms with Gasteiger partial charge in [0.1, 0.15) is 16.9 Å². The highest BCUT2D eigenvalue weighted by Crippen LogP contribution is 2.49. The fourth-order valence-corrected chi connectivity index (χ4v) is 5.15. The lowest BCUT2D eigenvalue weighted by molar-refractivity contribution is 0.101. The average Bonchev–Trinajstić information content (AvgIpc) is 3.61. The molecule has 0 spiro atoms. The van der Waals surface area contributed by atoms with E-state index in [9.17, 15) is 13.2 Å². The van der Waals surface area contributed by atoms with Crippen molar-refractivity contribution in [1.82, 2.24) is 24.7 Å². The molecule has 0 bridgehead atoms. The fourth-order valence-electron chi connectivity index (χ4n) is 4.09. The van der Waals surface area contributed by atoms with Crippen LogP contribution in [0.15, 0.2) is 47.5 Å². The van der Waals surface area contributed by atoms with Crippen LogP contribution in [0.2, 0.25) is 0 Å². The number of hydrogen-bond donors (Lipinski definition) is 0. The van der Waals surface area contributed by atoms with Crippen molar-refractivity contribution in [1.29, 1.82) is 0 Å². The summed E-state index contributed by atoms with van der Waals surface area (Å²) in [6.07, 6.45) is 3.34. The summed E-state index contributed by atoms with van der Waals surface area (Å²) >= 11 is 0. The van der Waals surface area contributed by atoms with E-state index in [0.29, 0.717) is 22.6 Å². The number of aromatic nitrogens is 5. The highest BCUT2D eigenvalue weighted by molar-refractivity contribution is 7.91. The van der Waals surface area contributed by atoms with Gasteiger partial charge in [0.15, 0.2) is 27.1 Å². The van der Waals surface area contributed by atoms with Crippen molar-refractivity contribution in [2.75, 3.05) is 5.75 Å². The first-order valence-electron chi connectivity index (χ1n) is 11.1. The van der Waals surface area contributed by atoms with E-state index in [-0.39, 0.29) is 27.8 Å². The number of benzene rings is 1. The SMILES string of the molecule is [C-]#[N+]C1(c2ccc(-c3cnc(-c4nc5cc(C(C)=O)nnc5n4C)c(S(=O)(=O)CC)c3)cc2)CC1. The van der Waals surface area contributed by atoms with Crippen molar-refractivity contribution < 1.29 is 13.2 Å². The third kappa shape index (κ3) is 3.78. The predicted octanol–water partition coefficient (Wildman–Crippen LogP) is 4.00. The maximum atomic E-state index is 13.1. The molecule has 0 radical (unpaired) electrons. The molecule has 10 heteroatoms. The maximum absolute atomic E-state index is 13.1. The van der Waals surface area contributed by atoms with Gasteiger partial charge >= 0.3 is 0 Å². The molecule has 1 aliphatic carbocycles. The Hall–Kier alpha value is -3.97. The number of aryl methyl sites for hydroxylation is 1. The monoisotopic (exact) mass is 486 g/mol. The van der Waals surface area contributed by atoms with E-state index in [0.717, 1.165) is 24.0 Å². The Kier molecular flexibility index (Phi) is 5.25. The summed E-state index contributed by atoms with van der Waals surface area (Å²) in [5.74, 6) is -0.0226. The maximum Gasteiger partial charge on any atom is 0.258 e. The number of rotatable bonds is 6. The Morgan fingerprint density at radius 2 is 1.86 bits per heavy atom. The molecular weight excluding hydrogens is 464 g/mol. The van der Waals surface area contributed by atoms with Crippen LogP contribution in [0.5, 0.6) is 0 Å². The lowest BCUT2D eigenvalue weighted by atomic mass is 10.0. The van der Waals surface area contributed by atoms with E-state index in [1.807, 2.05) is 24.3 Å². The number of sulfone groups is 1. The Bertz CT molecular complexity index is 1650. The molecule has 1 aliphatic rings. The van der Waals surface area contributed by atoms with Crippen LogP contribution in [-0.4, -0.2) is 44.7 Å². The number of ketones is 1. The molecule has 9 nitrogen and oxygen atoms in total. The normalized spacial score (nSPS) is 14.6. The van der Waals surface area contributed by atoms with Gasteiger partial charge in [0.2, 0.25) is 0 Å². The van der Waals surface area contributed by atoms with Gasteiger partial charge in [-0.15, -0.1) is 10.2 Å². The molecule has 0 N–H and O–H groups in total. The van der Waals surface area contributed by atoms with Crippen LogP contribution in [0.3, 0.4) is 0 Å². The molecule has 3 heterocycles. The molecule has 0 aliphatic heterocycles. The molecule has 176 valence electrons. The summed E-state index contributed by atoms with van der Waals surface area (Å²) in [5, 5.41) is 8.03. The number of carbonyl (C=O) groups excluding carboxylic acids is 1. The van der Waals surface area contributed by atoms with Crippen molar-refractivity contribution in [2.24, 2.45) is 7.05 Å². The Morgan fingerprint density at radius 1 is 1.14 bits per heavy atom. The molecule has 0 saturated heterocycles. The zero-order chi connectivity index (χ0) is 25.0. The number of Topliss-reactive ketones (excluding diaryl/α,β-unsaturated/α-hetero) is 1. The van der Waals surface area contributed by atoms with Crippen molar-refractivity contribution >= 4 is 26.8 Å². The Balaban J connectivity index is 1.64. The van der Waals surface area contributed by atoms with Crippen LogP contribution < -0.4 is 0 Å². The summed E-state index contributed by atoms with van der Waals surface area (Å²) in [6.45, 7) is 10.4. The molecule has 1 saturated carbocycles. The third-order valence-corrected chi connectivity index (χ3v) is 8.19. The fraction of sp³-hybridized carbons (Fsp3) is 0.280. The average molecular weight is 487 g/mol. The molecule has 5 rings (SSSR count). The van der Waals surface area contributed by atoms with Crippen LogP contribution in [0.4, 0.5) is 0 Å². The standard InChI is InChI=1S/C25H22N6O3S/c1-5-35(33,34)21-12-17(16-6-8-18(9-7-16)25(26-3)10-11-25)14-27-22(21)24-28-20-13-19(15(2)32)29-30-23(20)31(24)4/h6-9,12-14H,5,10-11H2,1-2,4H3. The van der Waals surface area contributed by atoms with Crippen molar-refractivity contribution in [3.63, 3.8) is 0 Å². The van der Waals surface area contributed by atoms with E-state index in [1.54, 1.807) is 30.8 Å². The summed E-state index contributed by atoms with van der Waals surface area (Å²) in [4.78, 5) is 24.6. The Morgan fingerprint density at radius 3 is 2.46 bits per heavy atom. The second-order valence-corrected chi connectivity index (χ2v) is 10.9. The van der Waals surface area contributed by atoms with Gasteiger partial charge in [-0.25, -0.2) is 20.0 Å². The van der Waals surface area contributed by atoms with Gasteiger partial charge in [0.25, 0.3) is 5.54 Å². The van der Waals surface area contributed by atoms with Crippen LogP contribution >= 0.6 is 0 Å². The van der Waals surface area contributed by atoms with E-state index < -0.39 is 15.4 Å². The van der Waals surface area contributed by atoms with Gasteiger partial charge in [-0.2, -0.15) is 0 Å². The number of fused-ring (bicyclic) bond motifs is 1. The highest BCUT2D eigenvalue weighted by Gasteiger charge is 2.52. The van der Waals surface area contributed by atoms with Crippen molar-refractivity contribution in [2.45, 2.75) is 37.1 Å². The lowest BCUT2D eigenvalue weighted by Gasteiger charge is -2.12. The molecule has 1 fully saturated rings. The van der Waals surface area contributed by atoms with Gasteiger partial charge in [-0.1, -0.05) is 31.2 Å². The van der Waals surface area contributed by atoms with E-state index in [4.69, 9.17) is 6.57 Å². The van der Waals surface area contributed by atoms with Gasteiger partial charge in [-0.3, -0.25) is 9.78 Å². The summed E-state index contributed by atoms with van der Waals surface area (Å²) < 4.78 is 27.8. The van der Waals surface area contributed by atoms with E-state index >= 15 is 0 Å². The van der Waals surface area contributed by atoms with E-state index in [2.05, 4.69) is 25.0 Å². The molecule has 3 aromatic heterocycles. The van der Waals surface area contributed by atoms with Crippen LogP contribution in [0.1, 0.15) is 42.7 Å². The van der Waals surface area contributed by atoms with Gasteiger partial charge in [0, 0.05) is 44.1 Å². The molecule has 1 aromatic carbocycles. The molecule has 0 unspecified atom stereocenters. The lowest BCUT2D eigenvalue weighted by Crippen LogP contribution is -2.09. The van der Waals surface area contributed by atoms with Crippen molar-refractivity contribution in [3.05, 3.63) is 65.3 Å². The highest BCUT2D eigenvalue weighted by atomic mass is 32.2. The number of pyridine rings is 1. The third-order valence-electron chi connectivity index (χ3n) is 6.45. The first-order chi connectivity index (χ1) is 16.7. The smallest absolute Gasteiger partial charge is 0.258 e. The van der Waals surface area contributed by atoms with Gasteiger partial charge < -0.3 is 9.41 Å². The van der Waals surface area contributed by atoms with Crippen LogP contribution in [0, 0.1) is 6.57 Å². The summed E-state index contributed by atoms with van der Waals surface area (Å²) in [7, 11) is -1.95. The zero-order valence-electron chi connectivity index (χ0n) is 19.5. The topological polar surface area (TPSA) is 112 Å². The van der Waals surface area contributed by atoms with Crippen LogP contribution in [0.25, 0.3) is 38.7 Å². The Labute approximate surface area is 202 Å². The van der Waals surface area contributed by atoms with Gasteiger partial charge in [-0.05, 0) is 17.7 Å². The summed E-state index contributed by atoms with van der Waals surface area (Å²) in [5.41, 5.74) is 3.28. The summed E-state index contributed by atoms with van der Waals surface area (Å²) in [6, 6.07) is 10.8. The molecule has 0 atom stereocenters. The first-order valence-corrected chi connectivity index (χ1v) is 12.8. The largest absolute Gasteiger partial charge is 0.309 e. The molecular formula is C25H22N6O3S. The zero-order valence-corrected chi connectivity index (χ0v) is 20.3. The quantitative estimate of drug-likeness (QED) is 0.299. The van der Waals surface area contributed by atoms with Gasteiger partial charge in [0.05, 0.1) is 10.6 Å².